The topological polar surface area (TPSA) is 28.9 Å². The molecule has 0 spiro atoms. The van der Waals surface area contributed by atoms with Crippen LogP contribution in [0.25, 0.3) is 11.1 Å². The molecule has 2 aromatic rings. The number of fused-ring (bicyclic) bond motifs is 1. The number of nitrogens with one attached hydrogen (secondary N) is 1. The van der Waals surface area contributed by atoms with Gasteiger partial charge in [0.1, 0.15) is 0 Å². The molecule has 1 N–H and O–H groups in total. The minimum absolute atomic E-state index is 0.539. The molecule has 0 aliphatic carbocycles. The molecule has 2 heteroatoms. The van der Waals surface area contributed by atoms with Crippen molar-refractivity contribution < 1.29 is 4.42 Å². The summed E-state index contributed by atoms with van der Waals surface area (Å²) in [6.45, 7) is 4.31. The Morgan fingerprint density at radius 3 is 2.91 bits per heavy atom. The maximum atomic E-state index is 5.22. The van der Waals surface area contributed by atoms with Gasteiger partial charge in [0.2, 0.25) is 0 Å². The molecule has 0 bridgehead atoms. The fourth-order valence-corrected chi connectivity index (χ4v) is 1.18. The van der Waals surface area contributed by atoms with Gasteiger partial charge < -0.3 is 9.40 Å². The van der Waals surface area contributed by atoms with E-state index in [2.05, 4.69) is 24.9 Å². The van der Waals surface area contributed by atoms with E-state index in [4.69, 9.17) is 4.42 Å². The lowest BCUT2D eigenvalue weighted by Gasteiger charge is -1.97. The molecule has 0 aliphatic heterocycles. The summed E-state index contributed by atoms with van der Waals surface area (Å²) < 4.78 is 5.22. The van der Waals surface area contributed by atoms with Gasteiger partial charge in [0.25, 0.3) is 0 Å². The average Bonchev–Trinajstić information content (AvgIpc) is 2.40. The van der Waals surface area contributed by atoms with Crippen LogP contribution < -0.4 is 0 Å². The Hall–Kier alpha value is -1.18. The van der Waals surface area contributed by atoms with E-state index in [0.717, 1.165) is 11.1 Å². The molecule has 0 atom stereocenters. The van der Waals surface area contributed by atoms with E-state index in [0.29, 0.717) is 5.92 Å². The third-order valence-corrected chi connectivity index (χ3v) is 1.88. The van der Waals surface area contributed by atoms with Gasteiger partial charge in [-0.2, -0.15) is 0 Å². The van der Waals surface area contributed by atoms with Crippen LogP contribution in [0.15, 0.2) is 22.8 Å². The van der Waals surface area contributed by atoms with Crippen LogP contribution in [0, 0.1) is 0 Å². The average molecular weight is 149 g/mol. The molecule has 0 unspecified atom stereocenters. The molecule has 2 aromatic heterocycles. The van der Waals surface area contributed by atoms with Gasteiger partial charge in [-0.3, -0.25) is 0 Å². The minimum atomic E-state index is 0.539. The van der Waals surface area contributed by atoms with Gasteiger partial charge in [0.05, 0.1) is 11.8 Å². The van der Waals surface area contributed by atoms with Crippen molar-refractivity contribution in [2.45, 2.75) is 19.8 Å². The number of hydrogen-bond donors (Lipinski definition) is 1. The standard InChI is InChI=1S/C9H11NO/c1-6(2)8-5-9-7(10-8)3-4-11-9/h3-6,10H,1-2H3. The molecule has 0 saturated carbocycles. The van der Waals surface area contributed by atoms with Crippen molar-refractivity contribution in [1.82, 2.24) is 4.98 Å². The highest BCUT2D eigenvalue weighted by Gasteiger charge is 2.04. The molecule has 0 saturated heterocycles. The summed E-state index contributed by atoms with van der Waals surface area (Å²) in [7, 11) is 0. The summed E-state index contributed by atoms with van der Waals surface area (Å²) >= 11 is 0. The quantitative estimate of drug-likeness (QED) is 0.663. The van der Waals surface area contributed by atoms with Gasteiger partial charge in [-0.1, -0.05) is 13.8 Å². The summed E-state index contributed by atoms with van der Waals surface area (Å²) in [5, 5.41) is 0. The van der Waals surface area contributed by atoms with Crippen molar-refractivity contribution in [2.24, 2.45) is 0 Å². The van der Waals surface area contributed by atoms with Crippen LogP contribution in [-0.2, 0) is 0 Å². The minimum Gasteiger partial charge on any atom is -0.463 e. The summed E-state index contributed by atoms with van der Waals surface area (Å²) in [5.74, 6) is 0.539. The van der Waals surface area contributed by atoms with Crippen molar-refractivity contribution >= 4 is 11.1 Å². The lowest BCUT2D eigenvalue weighted by molar-refractivity contribution is 0.615. The molecule has 0 fully saturated rings. The van der Waals surface area contributed by atoms with E-state index < -0.39 is 0 Å². The second-order valence-electron chi connectivity index (χ2n) is 3.08. The van der Waals surface area contributed by atoms with Crippen molar-refractivity contribution in [1.29, 1.82) is 0 Å². The Labute approximate surface area is 65.2 Å². The van der Waals surface area contributed by atoms with E-state index in [1.807, 2.05) is 6.07 Å². The largest absolute Gasteiger partial charge is 0.463 e. The van der Waals surface area contributed by atoms with Gasteiger partial charge in [-0.05, 0) is 5.92 Å². The lowest BCUT2D eigenvalue weighted by atomic mass is 10.1. The second kappa shape index (κ2) is 2.16. The molecule has 0 radical (unpaired) electrons. The monoisotopic (exact) mass is 149 g/mol. The Balaban J connectivity index is 2.58. The first-order valence-electron chi connectivity index (χ1n) is 3.83. The van der Waals surface area contributed by atoms with Gasteiger partial charge in [0, 0.05) is 17.8 Å². The van der Waals surface area contributed by atoms with Crippen molar-refractivity contribution in [3.05, 3.63) is 24.1 Å². The predicted molar refractivity (Wildman–Crippen MR) is 44.7 cm³/mol. The van der Waals surface area contributed by atoms with Gasteiger partial charge in [0.15, 0.2) is 5.58 Å². The van der Waals surface area contributed by atoms with E-state index in [1.165, 1.54) is 5.69 Å². The number of aromatic amines is 1. The zero-order valence-electron chi connectivity index (χ0n) is 6.72. The van der Waals surface area contributed by atoms with Gasteiger partial charge >= 0.3 is 0 Å². The maximum absolute atomic E-state index is 5.22. The van der Waals surface area contributed by atoms with Crippen LogP contribution in [0.5, 0.6) is 0 Å². The third-order valence-electron chi connectivity index (χ3n) is 1.88. The summed E-state index contributed by atoms with van der Waals surface area (Å²) in [6, 6.07) is 4.00. The molecular formula is C9H11NO. The first-order chi connectivity index (χ1) is 5.27. The predicted octanol–water partition coefficient (Wildman–Crippen LogP) is 2.88. The van der Waals surface area contributed by atoms with Crippen LogP contribution in [-0.4, -0.2) is 4.98 Å². The fraction of sp³-hybridized carbons (Fsp3) is 0.333. The Bertz CT molecular complexity index is 328. The number of H-pyrrole nitrogens is 1. The normalized spacial score (nSPS) is 11.5. The molecule has 11 heavy (non-hydrogen) atoms. The Kier molecular flexibility index (Phi) is 1.28. The van der Waals surface area contributed by atoms with Crippen LogP contribution in [0.4, 0.5) is 0 Å². The lowest BCUT2D eigenvalue weighted by Crippen LogP contribution is -1.84. The van der Waals surface area contributed by atoms with E-state index in [-0.39, 0.29) is 0 Å². The summed E-state index contributed by atoms with van der Waals surface area (Å²) in [5.41, 5.74) is 3.28. The number of furan rings is 1. The summed E-state index contributed by atoms with van der Waals surface area (Å²) in [6.07, 6.45) is 1.70. The molecule has 0 aliphatic rings. The Morgan fingerprint density at radius 2 is 2.27 bits per heavy atom. The molecule has 58 valence electrons. The summed E-state index contributed by atoms with van der Waals surface area (Å²) in [4.78, 5) is 3.28. The first kappa shape index (κ1) is 6.53. The van der Waals surface area contributed by atoms with Crippen molar-refractivity contribution in [3.63, 3.8) is 0 Å². The van der Waals surface area contributed by atoms with E-state index >= 15 is 0 Å². The highest BCUT2D eigenvalue weighted by Crippen LogP contribution is 2.20. The second-order valence-corrected chi connectivity index (χ2v) is 3.08. The number of hydrogen-bond acceptors (Lipinski definition) is 1. The Morgan fingerprint density at radius 1 is 1.45 bits per heavy atom. The number of aromatic nitrogens is 1. The molecule has 0 amide bonds. The highest BCUT2D eigenvalue weighted by molar-refractivity contribution is 5.74. The first-order valence-corrected chi connectivity index (χ1v) is 3.83. The molecule has 0 aromatic carbocycles. The van der Waals surface area contributed by atoms with Crippen LogP contribution in [0.2, 0.25) is 0 Å². The van der Waals surface area contributed by atoms with Crippen molar-refractivity contribution in [2.75, 3.05) is 0 Å². The molecule has 2 rings (SSSR count). The van der Waals surface area contributed by atoms with Crippen LogP contribution >= 0.6 is 0 Å². The zero-order chi connectivity index (χ0) is 7.84. The highest BCUT2D eigenvalue weighted by atomic mass is 16.3. The number of rotatable bonds is 1. The van der Waals surface area contributed by atoms with Crippen LogP contribution in [0.1, 0.15) is 25.5 Å². The zero-order valence-corrected chi connectivity index (χ0v) is 6.72. The van der Waals surface area contributed by atoms with Gasteiger partial charge in [-0.15, -0.1) is 0 Å². The van der Waals surface area contributed by atoms with E-state index in [9.17, 15) is 0 Å². The van der Waals surface area contributed by atoms with E-state index in [1.54, 1.807) is 6.26 Å². The molecular weight excluding hydrogens is 138 g/mol. The molecule has 2 nitrogen and oxygen atoms in total. The smallest absolute Gasteiger partial charge is 0.151 e. The fourth-order valence-electron chi connectivity index (χ4n) is 1.18. The SMILES string of the molecule is CC(C)c1cc2occc2[nH]1. The van der Waals surface area contributed by atoms with Crippen molar-refractivity contribution in [3.8, 4) is 0 Å². The molecule has 2 heterocycles. The third kappa shape index (κ3) is 0.946. The van der Waals surface area contributed by atoms with Crippen LogP contribution in [0.3, 0.4) is 0 Å². The van der Waals surface area contributed by atoms with Gasteiger partial charge in [-0.25, -0.2) is 0 Å². The maximum Gasteiger partial charge on any atom is 0.151 e.